The third-order valence-corrected chi connectivity index (χ3v) is 6.67. The zero-order valence-corrected chi connectivity index (χ0v) is 16.0. The number of H-pyrrole nitrogens is 1. The minimum atomic E-state index is -0.370. The van der Waals surface area contributed by atoms with E-state index in [4.69, 9.17) is 0 Å². The van der Waals surface area contributed by atoms with Gasteiger partial charge in [-0.2, -0.15) is 0 Å². The summed E-state index contributed by atoms with van der Waals surface area (Å²) >= 11 is 2.89. The fourth-order valence-corrected chi connectivity index (χ4v) is 5.30. The Bertz CT molecular complexity index is 1010. The van der Waals surface area contributed by atoms with Crippen LogP contribution in [0.5, 0.6) is 0 Å². The van der Waals surface area contributed by atoms with Crippen molar-refractivity contribution in [2.24, 2.45) is 0 Å². The van der Waals surface area contributed by atoms with Crippen molar-refractivity contribution in [3.05, 3.63) is 51.1 Å². The van der Waals surface area contributed by atoms with Gasteiger partial charge in [0.25, 0.3) is 5.56 Å². The van der Waals surface area contributed by atoms with Crippen LogP contribution < -0.4 is 10.9 Å². The quantitative estimate of drug-likeness (QED) is 0.526. The Morgan fingerprint density at radius 1 is 1.27 bits per heavy atom. The molecule has 1 aromatic carbocycles. The number of thiophene rings is 1. The first-order valence-electron chi connectivity index (χ1n) is 8.69. The van der Waals surface area contributed by atoms with E-state index in [0.29, 0.717) is 5.16 Å². The molecule has 2 aromatic heterocycles. The summed E-state index contributed by atoms with van der Waals surface area (Å²) in [4.78, 5) is 34.5. The highest BCUT2D eigenvalue weighted by Gasteiger charge is 2.21. The molecule has 26 heavy (non-hydrogen) atoms. The molecule has 0 bridgehead atoms. The number of aryl methyl sites for hydroxylation is 2. The van der Waals surface area contributed by atoms with Crippen LogP contribution in [0.2, 0.25) is 0 Å². The molecular weight excluding hydrogens is 366 g/mol. The Hall–Kier alpha value is -2.12. The van der Waals surface area contributed by atoms with Crippen molar-refractivity contribution in [1.82, 2.24) is 9.97 Å². The summed E-state index contributed by atoms with van der Waals surface area (Å²) in [5, 5.41) is 3.75. The SMILES string of the molecule is CC(Sc1nc2sc3c(c2c(=O)[nH]1)CCCC3)C(=O)Nc1ccccc1. The lowest BCUT2D eigenvalue weighted by atomic mass is 9.97. The molecule has 1 atom stereocenters. The number of aromatic nitrogens is 2. The molecule has 2 N–H and O–H groups in total. The van der Waals surface area contributed by atoms with Crippen molar-refractivity contribution in [3.8, 4) is 0 Å². The number of amides is 1. The number of para-hydroxylation sites is 1. The predicted molar refractivity (Wildman–Crippen MR) is 107 cm³/mol. The summed E-state index contributed by atoms with van der Waals surface area (Å²) < 4.78 is 0. The maximum absolute atomic E-state index is 12.6. The van der Waals surface area contributed by atoms with Gasteiger partial charge in [0, 0.05) is 10.6 Å². The molecular formula is C19H19N3O2S2. The van der Waals surface area contributed by atoms with Crippen LogP contribution in [0.25, 0.3) is 10.2 Å². The van der Waals surface area contributed by atoms with Gasteiger partial charge in [-0.1, -0.05) is 30.0 Å². The van der Waals surface area contributed by atoms with Gasteiger partial charge >= 0.3 is 0 Å². The van der Waals surface area contributed by atoms with E-state index in [1.165, 1.54) is 28.6 Å². The summed E-state index contributed by atoms with van der Waals surface area (Å²) in [5.74, 6) is -0.116. The highest BCUT2D eigenvalue weighted by atomic mass is 32.2. The number of rotatable bonds is 4. The monoisotopic (exact) mass is 385 g/mol. The van der Waals surface area contributed by atoms with E-state index in [1.807, 2.05) is 37.3 Å². The van der Waals surface area contributed by atoms with Crippen LogP contribution in [0.15, 0.2) is 40.3 Å². The molecule has 7 heteroatoms. The lowest BCUT2D eigenvalue weighted by Crippen LogP contribution is -2.23. The van der Waals surface area contributed by atoms with Gasteiger partial charge in [0.2, 0.25) is 5.91 Å². The molecule has 1 aliphatic rings. The lowest BCUT2D eigenvalue weighted by Gasteiger charge is -2.11. The highest BCUT2D eigenvalue weighted by molar-refractivity contribution is 8.00. The number of hydrogen-bond acceptors (Lipinski definition) is 5. The summed E-state index contributed by atoms with van der Waals surface area (Å²) in [5.41, 5.74) is 1.84. The number of carbonyl (C=O) groups excluding carboxylic acids is 1. The molecule has 0 saturated heterocycles. The zero-order chi connectivity index (χ0) is 18.1. The fraction of sp³-hybridized carbons (Fsp3) is 0.316. The number of thioether (sulfide) groups is 1. The molecule has 1 amide bonds. The molecule has 1 unspecified atom stereocenters. The first-order chi connectivity index (χ1) is 12.6. The molecule has 134 valence electrons. The van der Waals surface area contributed by atoms with Gasteiger partial charge in [0.15, 0.2) is 5.16 Å². The first kappa shape index (κ1) is 17.3. The van der Waals surface area contributed by atoms with Crippen LogP contribution in [-0.2, 0) is 17.6 Å². The topological polar surface area (TPSA) is 74.8 Å². The summed E-state index contributed by atoms with van der Waals surface area (Å²) in [6.07, 6.45) is 4.30. The molecule has 3 aromatic rings. The number of aromatic amines is 1. The molecule has 4 rings (SSSR count). The van der Waals surface area contributed by atoms with Crippen molar-refractivity contribution in [2.45, 2.75) is 43.0 Å². The van der Waals surface area contributed by atoms with Crippen LogP contribution in [-0.4, -0.2) is 21.1 Å². The average molecular weight is 386 g/mol. The largest absolute Gasteiger partial charge is 0.325 e. The summed E-state index contributed by atoms with van der Waals surface area (Å²) in [6.45, 7) is 1.81. The molecule has 0 spiro atoms. The Morgan fingerprint density at radius 3 is 2.85 bits per heavy atom. The molecule has 0 radical (unpaired) electrons. The second kappa shape index (κ2) is 7.25. The van der Waals surface area contributed by atoms with Gasteiger partial charge in [0.05, 0.1) is 10.6 Å². The van der Waals surface area contributed by atoms with Crippen LogP contribution in [0.1, 0.15) is 30.2 Å². The second-order valence-corrected chi connectivity index (χ2v) is 8.79. The number of hydrogen-bond donors (Lipinski definition) is 2. The van der Waals surface area contributed by atoms with Gasteiger partial charge in [0.1, 0.15) is 4.83 Å². The van der Waals surface area contributed by atoms with Gasteiger partial charge in [-0.15, -0.1) is 11.3 Å². The second-order valence-electron chi connectivity index (χ2n) is 6.38. The van der Waals surface area contributed by atoms with E-state index in [1.54, 1.807) is 11.3 Å². The summed E-state index contributed by atoms with van der Waals surface area (Å²) in [7, 11) is 0. The minimum absolute atomic E-state index is 0.0902. The van der Waals surface area contributed by atoms with E-state index in [9.17, 15) is 9.59 Å². The van der Waals surface area contributed by atoms with Crippen molar-refractivity contribution >= 4 is 44.9 Å². The van der Waals surface area contributed by atoms with Gasteiger partial charge in [-0.25, -0.2) is 4.98 Å². The third-order valence-electron chi connectivity index (χ3n) is 4.50. The van der Waals surface area contributed by atoms with Crippen LogP contribution >= 0.6 is 23.1 Å². The normalized spacial score (nSPS) is 14.8. The van der Waals surface area contributed by atoms with Gasteiger partial charge in [-0.3, -0.25) is 9.59 Å². The van der Waals surface area contributed by atoms with Crippen LogP contribution in [0, 0.1) is 0 Å². The van der Waals surface area contributed by atoms with E-state index in [0.717, 1.165) is 35.2 Å². The number of nitrogens with one attached hydrogen (secondary N) is 2. The smallest absolute Gasteiger partial charge is 0.260 e. The van der Waals surface area contributed by atoms with E-state index >= 15 is 0 Å². The van der Waals surface area contributed by atoms with Crippen molar-refractivity contribution in [2.75, 3.05) is 5.32 Å². The van der Waals surface area contributed by atoms with Crippen LogP contribution in [0.3, 0.4) is 0 Å². The Labute approximate surface area is 159 Å². The Balaban J connectivity index is 1.55. The van der Waals surface area contributed by atoms with Crippen LogP contribution in [0.4, 0.5) is 5.69 Å². The summed E-state index contributed by atoms with van der Waals surface area (Å²) in [6, 6.07) is 9.34. The molecule has 1 aliphatic carbocycles. The van der Waals surface area contributed by atoms with E-state index < -0.39 is 0 Å². The average Bonchev–Trinajstić information content (AvgIpc) is 3.01. The van der Waals surface area contributed by atoms with E-state index in [2.05, 4.69) is 15.3 Å². The van der Waals surface area contributed by atoms with Gasteiger partial charge < -0.3 is 10.3 Å². The standard InChI is InChI=1S/C19H19N3O2S2/c1-11(16(23)20-12-7-3-2-4-8-12)25-19-21-17(24)15-13-9-5-6-10-14(13)26-18(15)22-19/h2-4,7-8,11H,5-6,9-10H2,1H3,(H,20,23)(H,21,22,24). The molecule has 0 aliphatic heterocycles. The fourth-order valence-electron chi connectivity index (χ4n) is 3.19. The Morgan fingerprint density at radius 2 is 2.04 bits per heavy atom. The number of nitrogens with zero attached hydrogens (tertiary/aromatic N) is 1. The van der Waals surface area contributed by atoms with Crippen molar-refractivity contribution in [3.63, 3.8) is 0 Å². The van der Waals surface area contributed by atoms with Crippen molar-refractivity contribution < 1.29 is 4.79 Å². The van der Waals surface area contributed by atoms with Crippen molar-refractivity contribution in [1.29, 1.82) is 0 Å². The molecule has 0 saturated carbocycles. The minimum Gasteiger partial charge on any atom is -0.325 e. The number of benzene rings is 1. The zero-order valence-electron chi connectivity index (χ0n) is 14.4. The molecule has 0 fully saturated rings. The first-order valence-corrected chi connectivity index (χ1v) is 10.4. The molecule has 5 nitrogen and oxygen atoms in total. The number of anilines is 1. The highest BCUT2D eigenvalue weighted by Crippen LogP contribution is 2.34. The van der Waals surface area contributed by atoms with E-state index in [-0.39, 0.29) is 16.7 Å². The molecule has 2 heterocycles. The maximum Gasteiger partial charge on any atom is 0.260 e. The predicted octanol–water partition coefficient (Wildman–Crippen LogP) is 3.98. The lowest BCUT2D eigenvalue weighted by molar-refractivity contribution is -0.115. The number of fused-ring (bicyclic) bond motifs is 3. The maximum atomic E-state index is 12.6. The number of carbonyl (C=O) groups is 1. The Kier molecular flexibility index (Phi) is 4.82. The third kappa shape index (κ3) is 3.41. The van der Waals surface area contributed by atoms with Gasteiger partial charge in [-0.05, 0) is 50.3 Å².